The van der Waals surface area contributed by atoms with Crippen LogP contribution in [-0.4, -0.2) is 36.6 Å². The minimum atomic E-state index is -2.70. The SMILES string of the molecule is O=C(NCC(=O)N1CCCO1)c1ccsc1C(F)F. The van der Waals surface area contributed by atoms with Gasteiger partial charge in [-0.05, 0) is 17.9 Å². The van der Waals surface area contributed by atoms with E-state index in [-0.39, 0.29) is 22.9 Å². The molecule has 104 valence electrons. The molecule has 0 spiro atoms. The van der Waals surface area contributed by atoms with Gasteiger partial charge < -0.3 is 5.32 Å². The zero-order chi connectivity index (χ0) is 13.8. The Kier molecular flexibility index (Phi) is 4.43. The lowest BCUT2D eigenvalue weighted by molar-refractivity contribution is -0.167. The van der Waals surface area contributed by atoms with Gasteiger partial charge in [-0.25, -0.2) is 13.8 Å². The van der Waals surface area contributed by atoms with Gasteiger partial charge in [0.2, 0.25) is 0 Å². The average molecular weight is 290 g/mol. The molecule has 0 aromatic carbocycles. The first-order valence-corrected chi connectivity index (χ1v) is 6.54. The van der Waals surface area contributed by atoms with Crippen molar-refractivity contribution in [1.82, 2.24) is 10.4 Å². The number of nitrogens with zero attached hydrogens (tertiary/aromatic N) is 1. The molecular weight excluding hydrogens is 278 g/mol. The highest BCUT2D eigenvalue weighted by molar-refractivity contribution is 7.10. The highest BCUT2D eigenvalue weighted by Crippen LogP contribution is 2.28. The number of amides is 2. The van der Waals surface area contributed by atoms with Crippen LogP contribution in [0.15, 0.2) is 11.4 Å². The molecule has 1 N–H and O–H groups in total. The summed E-state index contributed by atoms with van der Waals surface area (Å²) in [5.41, 5.74) is -0.0878. The van der Waals surface area contributed by atoms with Gasteiger partial charge in [-0.3, -0.25) is 14.4 Å². The molecule has 1 aliphatic heterocycles. The summed E-state index contributed by atoms with van der Waals surface area (Å²) in [6.45, 7) is 0.687. The van der Waals surface area contributed by atoms with Gasteiger partial charge in [0.05, 0.1) is 30.1 Å². The molecule has 1 aromatic rings. The summed E-state index contributed by atoms with van der Waals surface area (Å²) in [4.78, 5) is 28.0. The summed E-state index contributed by atoms with van der Waals surface area (Å²) in [7, 11) is 0. The molecule has 0 saturated carbocycles. The van der Waals surface area contributed by atoms with Crippen molar-refractivity contribution in [3.63, 3.8) is 0 Å². The summed E-state index contributed by atoms with van der Waals surface area (Å²) in [6, 6.07) is 1.32. The van der Waals surface area contributed by atoms with Crippen LogP contribution in [0, 0.1) is 0 Å². The lowest BCUT2D eigenvalue weighted by Gasteiger charge is -2.14. The van der Waals surface area contributed by atoms with Crippen molar-refractivity contribution in [2.24, 2.45) is 0 Å². The number of hydrogen-bond acceptors (Lipinski definition) is 4. The fourth-order valence-corrected chi connectivity index (χ4v) is 2.40. The number of hydrogen-bond donors (Lipinski definition) is 1. The molecule has 0 radical (unpaired) electrons. The molecule has 8 heteroatoms. The number of carbonyl (C=O) groups excluding carboxylic acids is 2. The van der Waals surface area contributed by atoms with Crippen LogP contribution in [0.3, 0.4) is 0 Å². The van der Waals surface area contributed by atoms with Crippen LogP contribution in [-0.2, 0) is 9.63 Å². The first kappa shape index (κ1) is 13.9. The highest BCUT2D eigenvalue weighted by atomic mass is 32.1. The fraction of sp³-hybridized carbons (Fsp3) is 0.455. The van der Waals surface area contributed by atoms with Crippen molar-refractivity contribution in [1.29, 1.82) is 0 Å². The fourth-order valence-electron chi connectivity index (χ4n) is 1.66. The summed E-state index contributed by atoms with van der Waals surface area (Å²) < 4.78 is 25.2. The standard InChI is InChI=1S/C11H12F2N2O3S/c12-10(13)9-7(2-5-19-9)11(17)14-6-8(16)15-3-1-4-18-15/h2,5,10H,1,3-4,6H2,(H,14,17). The molecule has 2 amide bonds. The Bertz CT molecular complexity index is 472. The third-order valence-electron chi connectivity index (χ3n) is 2.57. The lowest BCUT2D eigenvalue weighted by Crippen LogP contribution is -2.38. The van der Waals surface area contributed by atoms with E-state index in [9.17, 15) is 18.4 Å². The van der Waals surface area contributed by atoms with Crippen molar-refractivity contribution in [3.05, 3.63) is 21.9 Å². The molecule has 1 aliphatic rings. The number of thiophene rings is 1. The van der Waals surface area contributed by atoms with Crippen LogP contribution in [0.4, 0.5) is 8.78 Å². The number of halogens is 2. The summed E-state index contributed by atoms with van der Waals surface area (Å²) in [5, 5.41) is 4.91. The molecule has 2 heterocycles. The predicted octanol–water partition coefficient (Wildman–Crippen LogP) is 1.58. The van der Waals surface area contributed by atoms with Crippen molar-refractivity contribution in [2.45, 2.75) is 12.8 Å². The molecule has 19 heavy (non-hydrogen) atoms. The van der Waals surface area contributed by atoms with E-state index < -0.39 is 12.3 Å². The molecule has 1 saturated heterocycles. The van der Waals surface area contributed by atoms with Gasteiger partial charge in [-0.1, -0.05) is 0 Å². The second-order valence-electron chi connectivity index (χ2n) is 3.86. The monoisotopic (exact) mass is 290 g/mol. The van der Waals surface area contributed by atoms with E-state index >= 15 is 0 Å². The second-order valence-corrected chi connectivity index (χ2v) is 4.81. The smallest absolute Gasteiger partial charge is 0.273 e. The highest BCUT2D eigenvalue weighted by Gasteiger charge is 2.22. The van der Waals surface area contributed by atoms with Gasteiger partial charge in [0, 0.05) is 0 Å². The number of alkyl halides is 2. The minimum Gasteiger partial charge on any atom is -0.343 e. The van der Waals surface area contributed by atoms with Crippen molar-refractivity contribution < 1.29 is 23.2 Å². The molecule has 0 atom stereocenters. The van der Waals surface area contributed by atoms with Gasteiger partial charge in [0.15, 0.2) is 0 Å². The molecule has 1 fully saturated rings. The maximum atomic E-state index is 12.6. The van der Waals surface area contributed by atoms with E-state index in [0.717, 1.165) is 17.8 Å². The van der Waals surface area contributed by atoms with E-state index in [1.54, 1.807) is 0 Å². The maximum absolute atomic E-state index is 12.6. The van der Waals surface area contributed by atoms with Crippen molar-refractivity contribution >= 4 is 23.2 Å². The molecule has 0 unspecified atom stereocenters. The van der Waals surface area contributed by atoms with Crippen LogP contribution in [0.25, 0.3) is 0 Å². The van der Waals surface area contributed by atoms with Crippen LogP contribution >= 0.6 is 11.3 Å². The normalized spacial score (nSPS) is 15.0. The third-order valence-corrected chi connectivity index (χ3v) is 3.49. The van der Waals surface area contributed by atoms with Crippen molar-refractivity contribution in [3.8, 4) is 0 Å². The van der Waals surface area contributed by atoms with Gasteiger partial charge in [-0.2, -0.15) is 0 Å². The lowest BCUT2D eigenvalue weighted by atomic mass is 10.2. The van der Waals surface area contributed by atoms with E-state index in [4.69, 9.17) is 4.84 Å². The minimum absolute atomic E-state index is 0.0878. The molecule has 0 aliphatic carbocycles. The predicted molar refractivity (Wildman–Crippen MR) is 63.9 cm³/mol. The van der Waals surface area contributed by atoms with Crippen molar-refractivity contribution in [2.75, 3.05) is 19.7 Å². The number of rotatable bonds is 4. The summed E-state index contributed by atoms with van der Waals surface area (Å²) in [5.74, 6) is -1.07. The zero-order valence-corrected chi connectivity index (χ0v) is 10.7. The van der Waals surface area contributed by atoms with Gasteiger partial charge in [-0.15, -0.1) is 11.3 Å². The Labute approximate surface area is 112 Å². The van der Waals surface area contributed by atoms with E-state index in [1.165, 1.54) is 16.5 Å². The first-order chi connectivity index (χ1) is 9.09. The number of hydroxylamine groups is 2. The van der Waals surface area contributed by atoms with Gasteiger partial charge >= 0.3 is 0 Å². The Morgan fingerprint density at radius 3 is 2.95 bits per heavy atom. The molecule has 2 rings (SSSR count). The Morgan fingerprint density at radius 2 is 2.32 bits per heavy atom. The molecule has 1 aromatic heterocycles. The van der Waals surface area contributed by atoms with Crippen LogP contribution in [0.5, 0.6) is 0 Å². The average Bonchev–Trinajstić information content (AvgIpc) is 3.04. The quantitative estimate of drug-likeness (QED) is 0.916. The summed E-state index contributed by atoms with van der Waals surface area (Å²) >= 11 is 0.815. The van der Waals surface area contributed by atoms with E-state index in [1.807, 2.05) is 0 Å². The largest absolute Gasteiger partial charge is 0.343 e. The van der Waals surface area contributed by atoms with E-state index in [2.05, 4.69) is 5.32 Å². The topological polar surface area (TPSA) is 58.6 Å². The van der Waals surface area contributed by atoms with E-state index in [0.29, 0.717) is 13.2 Å². The van der Waals surface area contributed by atoms with Gasteiger partial charge in [0.25, 0.3) is 18.2 Å². The van der Waals surface area contributed by atoms with Gasteiger partial charge in [0.1, 0.15) is 0 Å². The molecular formula is C11H12F2N2O3S. The van der Waals surface area contributed by atoms with Crippen LogP contribution in [0.1, 0.15) is 28.1 Å². The third kappa shape index (κ3) is 3.27. The first-order valence-electron chi connectivity index (χ1n) is 5.66. The number of nitrogens with one attached hydrogen (secondary N) is 1. The Balaban J connectivity index is 1.90. The molecule has 0 bridgehead atoms. The Morgan fingerprint density at radius 1 is 1.53 bits per heavy atom. The Hall–Kier alpha value is -1.54. The number of carbonyl (C=O) groups is 2. The van der Waals surface area contributed by atoms with Crippen LogP contribution in [0.2, 0.25) is 0 Å². The second kappa shape index (κ2) is 6.07. The zero-order valence-electron chi connectivity index (χ0n) is 9.90. The summed E-state index contributed by atoms with van der Waals surface area (Å²) in [6.07, 6.45) is -1.95. The maximum Gasteiger partial charge on any atom is 0.273 e. The molecule has 5 nitrogen and oxygen atoms in total. The van der Waals surface area contributed by atoms with Crippen LogP contribution < -0.4 is 5.32 Å².